The monoisotopic (exact) mass is 561 g/mol. The minimum atomic E-state index is -0.145. The maximum Gasteiger partial charge on any atom is 0.174 e. The molecule has 3 aromatic carbocycles. The van der Waals surface area contributed by atoms with Gasteiger partial charge in [-0.2, -0.15) is 0 Å². The fourth-order valence-electron chi connectivity index (χ4n) is 5.17. The Morgan fingerprint density at radius 3 is 2.07 bits per heavy atom. The molecule has 206 valence electrons. The molecule has 6 rings (SSSR count). The van der Waals surface area contributed by atoms with Crippen LogP contribution >= 0.6 is 12.2 Å². The average Bonchev–Trinajstić information content (AvgIpc) is 3.63. The highest BCUT2D eigenvalue weighted by Gasteiger charge is 2.42. The number of pyridine rings is 1. The minimum Gasteiger partial charge on any atom is -0.497 e. The largest absolute Gasteiger partial charge is 0.497 e. The number of nitrogens with zero attached hydrogens (tertiary/aromatic N) is 4. The number of ether oxygens (including phenoxy) is 2. The Balaban J connectivity index is 1.36. The zero-order valence-corrected chi connectivity index (χ0v) is 24.0. The maximum atomic E-state index is 6.08. The number of thiocarbonyl (C=S) groups is 1. The summed E-state index contributed by atoms with van der Waals surface area (Å²) in [6, 6.07) is 34.0. The van der Waals surface area contributed by atoms with Crippen LogP contribution in [0.25, 0.3) is 5.69 Å². The third-order valence-corrected chi connectivity index (χ3v) is 7.55. The molecule has 0 bridgehead atoms. The summed E-state index contributed by atoms with van der Waals surface area (Å²) in [5.41, 5.74) is 5.22. The standard InChI is InChI=1S/C33H31N5O2S/c1-36(2)23-9-11-24(12-10-23)37-22-6-8-30(37)32-31(29-7-4-5-21-34-29)35-33(41)38(32)25-13-15-27(16-14-25)40-28-19-17-26(39-3)18-20-28/h4-22,31-32H,1-3H3,(H,35,41)/t31-,32+/m0/s1. The number of aromatic nitrogens is 2. The molecular weight excluding hydrogens is 530 g/mol. The molecular formula is C33H31N5O2S. The van der Waals surface area contributed by atoms with Crippen LogP contribution in [-0.4, -0.2) is 35.9 Å². The zero-order chi connectivity index (χ0) is 28.3. The summed E-state index contributed by atoms with van der Waals surface area (Å²) in [5, 5.41) is 4.20. The smallest absolute Gasteiger partial charge is 0.174 e. The quantitative estimate of drug-likeness (QED) is 0.207. The summed E-state index contributed by atoms with van der Waals surface area (Å²) in [6.45, 7) is 0. The Bertz CT molecular complexity index is 1620. The van der Waals surface area contributed by atoms with Gasteiger partial charge in [-0.15, -0.1) is 0 Å². The topological polar surface area (TPSA) is 54.8 Å². The number of methoxy groups -OCH3 is 1. The van der Waals surface area contributed by atoms with Gasteiger partial charge in [0.25, 0.3) is 0 Å². The SMILES string of the molecule is COc1ccc(Oc2ccc(N3C(=S)N[C@@H](c4ccccn4)[C@H]3c3cccn3-c3ccc(N(C)C)cc3)cc2)cc1. The van der Waals surface area contributed by atoms with Crippen LogP contribution in [0.4, 0.5) is 11.4 Å². The van der Waals surface area contributed by atoms with Crippen LogP contribution in [0.5, 0.6) is 17.2 Å². The van der Waals surface area contributed by atoms with E-state index in [0.717, 1.165) is 45.7 Å². The Kier molecular flexibility index (Phi) is 7.31. The van der Waals surface area contributed by atoms with Crippen LogP contribution < -0.4 is 24.6 Å². The second-order valence-electron chi connectivity index (χ2n) is 9.98. The molecule has 2 atom stereocenters. The summed E-state index contributed by atoms with van der Waals surface area (Å²) < 4.78 is 13.5. The van der Waals surface area contributed by atoms with E-state index in [1.807, 2.05) is 87.0 Å². The van der Waals surface area contributed by atoms with E-state index in [9.17, 15) is 0 Å². The Morgan fingerprint density at radius 2 is 1.44 bits per heavy atom. The first-order valence-electron chi connectivity index (χ1n) is 13.4. The lowest BCUT2D eigenvalue weighted by molar-refractivity contribution is 0.413. The van der Waals surface area contributed by atoms with Crippen molar-refractivity contribution in [3.63, 3.8) is 0 Å². The number of rotatable bonds is 8. The number of anilines is 2. The molecule has 1 aliphatic rings. The van der Waals surface area contributed by atoms with Crippen molar-refractivity contribution >= 4 is 28.7 Å². The second kappa shape index (κ2) is 11.3. The lowest BCUT2D eigenvalue weighted by Gasteiger charge is -2.29. The second-order valence-corrected chi connectivity index (χ2v) is 10.4. The first-order valence-corrected chi connectivity index (χ1v) is 13.8. The summed E-state index contributed by atoms with van der Waals surface area (Å²) >= 11 is 5.95. The summed E-state index contributed by atoms with van der Waals surface area (Å²) in [6.07, 6.45) is 3.92. The third-order valence-electron chi connectivity index (χ3n) is 7.24. The molecule has 3 heterocycles. The van der Waals surface area contributed by atoms with Crippen molar-refractivity contribution in [1.82, 2.24) is 14.9 Å². The summed E-state index contributed by atoms with van der Waals surface area (Å²) in [5.74, 6) is 2.26. The van der Waals surface area contributed by atoms with Gasteiger partial charge in [0.15, 0.2) is 5.11 Å². The predicted molar refractivity (Wildman–Crippen MR) is 168 cm³/mol. The van der Waals surface area contributed by atoms with Crippen molar-refractivity contribution in [1.29, 1.82) is 0 Å². The van der Waals surface area contributed by atoms with E-state index >= 15 is 0 Å². The van der Waals surface area contributed by atoms with E-state index in [4.69, 9.17) is 26.7 Å². The van der Waals surface area contributed by atoms with Gasteiger partial charge in [0.1, 0.15) is 23.3 Å². The maximum absolute atomic E-state index is 6.08. The van der Waals surface area contributed by atoms with E-state index in [0.29, 0.717) is 5.11 Å². The van der Waals surface area contributed by atoms with E-state index in [1.165, 1.54) is 0 Å². The number of nitrogens with one attached hydrogen (secondary N) is 1. The number of hydrogen-bond donors (Lipinski definition) is 1. The van der Waals surface area contributed by atoms with E-state index in [-0.39, 0.29) is 12.1 Å². The molecule has 1 saturated heterocycles. The minimum absolute atomic E-state index is 0.144. The molecule has 2 aromatic heterocycles. The number of benzene rings is 3. The van der Waals surface area contributed by atoms with Crippen LogP contribution in [0.3, 0.4) is 0 Å². The summed E-state index contributed by atoms with van der Waals surface area (Å²) in [7, 11) is 5.74. The molecule has 1 aliphatic heterocycles. The number of hydrogen-bond acceptors (Lipinski definition) is 5. The first kappa shape index (κ1) is 26.4. The lowest BCUT2D eigenvalue weighted by Crippen LogP contribution is -2.30. The van der Waals surface area contributed by atoms with Gasteiger partial charge in [-0.3, -0.25) is 4.98 Å². The molecule has 0 amide bonds. The molecule has 0 aliphatic carbocycles. The highest BCUT2D eigenvalue weighted by Crippen LogP contribution is 2.42. The molecule has 5 aromatic rings. The molecule has 1 fully saturated rings. The summed E-state index contributed by atoms with van der Waals surface area (Å²) in [4.78, 5) is 8.97. The van der Waals surface area contributed by atoms with Crippen LogP contribution in [0, 0.1) is 0 Å². The molecule has 0 radical (unpaired) electrons. The molecule has 0 spiro atoms. The van der Waals surface area contributed by atoms with Crippen molar-refractivity contribution in [3.05, 3.63) is 127 Å². The Morgan fingerprint density at radius 1 is 0.780 bits per heavy atom. The van der Waals surface area contributed by atoms with Crippen molar-refractivity contribution in [2.24, 2.45) is 0 Å². The van der Waals surface area contributed by atoms with Crippen molar-refractivity contribution < 1.29 is 9.47 Å². The van der Waals surface area contributed by atoms with Gasteiger partial charge in [-0.25, -0.2) is 0 Å². The van der Waals surface area contributed by atoms with Crippen LogP contribution in [0.1, 0.15) is 23.5 Å². The molecule has 7 nitrogen and oxygen atoms in total. The highest BCUT2D eigenvalue weighted by atomic mass is 32.1. The lowest BCUT2D eigenvalue weighted by atomic mass is 10.0. The van der Waals surface area contributed by atoms with Crippen molar-refractivity contribution in [3.8, 4) is 22.9 Å². The predicted octanol–water partition coefficient (Wildman–Crippen LogP) is 6.92. The zero-order valence-electron chi connectivity index (χ0n) is 23.1. The van der Waals surface area contributed by atoms with Gasteiger partial charge in [-0.05, 0) is 109 Å². The molecule has 8 heteroatoms. The molecule has 41 heavy (non-hydrogen) atoms. The van der Waals surface area contributed by atoms with Crippen LogP contribution in [0.15, 0.2) is 116 Å². The fourth-order valence-corrected chi connectivity index (χ4v) is 5.52. The van der Waals surface area contributed by atoms with Crippen molar-refractivity contribution in [2.45, 2.75) is 12.1 Å². The molecule has 0 saturated carbocycles. The highest BCUT2D eigenvalue weighted by molar-refractivity contribution is 7.80. The molecule has 0 unspecified atom stereocenters. The fraction of sp³-hybridized carbons (Fsp3) is 0.152. The third kappa shape index (κ3) is 5.34. The van der Waals surface area contributed by atoms with Gasteiger partial charge >= 0.3 is 0 Å². The normalized spacial score (nSPS) is 16.4. The molecule has 1 N–H and O–H groups in total. The van der Waals surface area contributed by atoms with Gasteiger partial charge in [0, 0.05) is 49.2 Å². The average molecular weight is 562 g/mol. The van der Waals surface area contributed by atoms with E-state index in [1.54, 1.807) is 7.11 Å². The van der Waals surface area contributed by atoms with Gasteiger partial charge in [0.2, 0.25) is 0 Å². The van der Waals surface area contributed by atoms with E-state index < -0.39 is 0 Å². The van der Waals surface area contributed by atoms with Crippen molar-refractivity contribution in [2.75, 3.05) is 31.0 Å². The van der Waals surface area contributed by atoms with Gasteiger partial charge < -0.3 is 29.2 Å². The Hall–Kier alpha value is -4.82. The Labute approximate surface area is 245 Å². The van der Waals surface area contributed by atoms with E-state index in [2.05, 4.69) is 62.3 Å². The van der Waals surface area contributed by atoms with Crippen LogP contribution in [0.2, 0.25) is 0 Å². The van der Waals surface area contributed by atoms with Gasteiger partial charge in [0.05, 0.1) is 18.8 Å². The van der Waals surface area contributed by atoms with Crippen LogP contribution in [-0.2, 0) is 0 Å². The van der Waals surface area contributed by atoms with Gasteiger partial charge in [-0.1, -0.05) is 6.07 Å². The first-order chi connectivity index (χ1) is 20.0.